The van der Waals surface area contributed by atoms with Gasteiger partial charge in [0.25, 0.3) is 5.91 Å². The zero-order valence-electron chi connectivity index (χ0n) is 12.3. The maximum Gasteiger partial charge on any atom is 0.251 e. The van der Waals surface area contributed by atoms with Crippen molar-refractivity contribution in [1.29, 1.82) is 0 Å². The molecule has 0 bridgehead atoms. The van der Waals surface area contributed by atoms with Gasteiger partial charge >= 0.3 is 0 Å². The number of anilines is 1. The molecule has 1 aliphatic carbocycles. The van der Waals surface area contributed by atoms with E-state index in [1.165, 1.54) is 12.8 Å². The van der Waals surface area contributed by atoms with Crippen LogP contribution in [0.2, 0.25) is 0 Å². The SMILES string of the molecule is CCNC(=O)c1cccc(NC2CCCCC2OC)c1. The van der Waals surface area contributed by atoms with Crippen LogP contribution in [0.5, 0.6) is 0 Å². The van der Waals surface area contributed by atoms with Crippen molar-refractivity contribution >= 4 is 11.6 Å². The molecule has 1 aromatic rings. The van der Waals surface area contributed by atoms with Gasteiger partial charge in [0, 0.05) is 24.9 Å². The molecular formula is C16H24N2O2. The normalized spacial score (nSPS) is 22.3. The highest BCUT2D eigenvalue weighted by Gasteiger charge is 2.24. The van der Waals surface area contributed by atoms with Gasteiger partial charge in [0.15, 0.2) is 0 Å². The van der Waals surface area contributed by atoms with Crippen LogP contribution >= 0.6 is 0 Å². The van der Waals surface area contributed by atoms with Crippen molar-refractivity contribution in [2.45, 2.75) is 44.8 Å². The smallest absolute Gasteiger partial charge is 0.251 e. The Kier molecular flexibility index (Phi) is 5.41. The molecule has 4 nitrogen and oxygen atoms in total. The summed E-state index contributed by atoms with van der Waals surface area (Å²) in [5, 5.41) is 6.34. The van der Waals surface area contributed by atoms with Gasteiger partial charge in [-0.3, -0.25) is 4.79 Å². The number of amides is 1. The molecule has 0 spiro atoms. The van der Waals surface area contributed by atoms with Gasteiger partial charge in [-0.05, 0) is 38.0 Å². The van der Waals surface area contributed by atoms with Crippen LogP contribution in [0, 0.1) is 0 Å². The number of hydrogen-bond acceptors (Lipinski definition) is 3. The van der Waals surface area contributed by atoms with E-state index in [0.717, 1.165) is 18.5 Å². The molecule has 2 atom stereocenters. The van der Waals surface area contributed by atoms with Gasteiger partial charge in [-0.2, -0.15) is 0 Å². The highest BCUT2D eigenvalue weighted by atomic mass is 16.5. The van der Waals surface area contributed by atoms with Gasteiger partial charge in [-0.15, -0.1) is 0 Å². The van der Waals surface area contributed by atoms with Crippen molar-refractivity contribution in [2.75, 3.05) is 19.0 Å². The molecule has 0 radical (unpaired) electrons. The summed E-state index contributed by atoms with van der Waals surface area (Å²) in [5.41, 5.74) is 1.68. The van der Waals surface area contributed by atoms with E-state index in [-0.39, 0.29) is 12.0 Å². The van der Waals surface area contributed by atoms with E-state index in [9.17, 15) is 4.79 Å². The number of hydrogen-bond donors (Lipinski definition) is 2. The Labute approximate surface area is 120 Å². The monoisotopic (exact) mass is 276 g/mol. The minimum atomic E-state index is -0.0249. The van der Waals surface area contributed by atoms with Crippen molar-refractivity contribution < 1.29 is 9.53 Å². The first-order valence-electron chi connectivity index (χ1n) is 7.42. The van der Waals surface area contributed by atoms with Crippen LogP contribution in [0.25, 0.3) is 0 Å². The standard InChI is InChI=1S/C16H24N2O2/c1-3-17-16(19)12-7-6-8-13(11-12)18-14-9-4-5-10-15(14)20-2/h6-8,11,14-15,18H,3-5,9-10H2,1-2H3,(H,17,19). The van der Waals surface area contributed by atoms with Crippen LogP contribution in [0.1, 0.15) is 43.0 Å². The van der Waals surface area contributed by atoms with Crippen molar-refractivity contribution in [3.05, 3.63) is 29.8 Å². The molecule has 1 fully saturated rings. The van der Waals surface area contributed by atoms with Gasteiger partial charge in [0.1, 0.15) is 0 Å². The molecule has 4 heteroatoms. The lowest BCUT2D eigenvalue weighted by atomic mass is 9.92. The average molecular weight is 276 g/mol. The van der Waals surface area contributed by atoms with E-state index in [0.29, 0.717) is 18.2 Å². The lowest BCUT2D eigenvalue weighted by molar-refractivity contribution is 0.0606. The third-order valence-electron chi connectivity index (χ3n) is 3.82. The fourth-order valence-electron chi connectivity index (χ4n) is 2.77. The predicted octanol–water partition coefficient (Wildman–Crippen LogP) is 2.81. The van der Waals surface area contributed by atoms with Crippen LogP contribution in [0.3, 0.4) is 0 Å². The fourth-order valence-corrected chi connectivity index (χ4v) is 2.77. The third-order valence-corrected chi connectivity index (χ3v) is 3.82. The second-order valence-electron chi connectivity index (χ2n) is 5.25. The van der Waals surface area contributed by atoms with Crippen molar-refractivity contribution in [2.24, 2.45) is 0 Å². The summed E-state index contributed by atoms with van der Waals surface area (Å²) in [4.78, 5) is 11.8. The Balaban J connectivity index is 2.05. The first kappa shape index (κ1) is 14.9. The molecule has 2 unspecified atom stereocenters. The van der Waals surface area contributed by atoms with Gasteiger partial charge in [-0.25, -0.2) is 0 Å². The van der Waals surface area contributed by atoms with Crippen molar-refractivity contribution in [3.63, 3.8) is 0 Å². The summed E-state index contributed by atoms with van der Waals surface area (Å²) >= 11 is 0. The minimum Gasteiger partial charge on any atom is -0.380 e. The minimum absolute atomic E-state index is 0.0249. The van der Waals surface area contributed by atoms with Crippen LogP contribution in [-0.4, -0.2) is 31.7 Å². The maximum atomic E-state index is 11.8. The number of methoxy groups -OCH3 is 1. The summed E-state index contributed by atoms with van der Waals surface area (Å²) in [6.07, 6.45) is 4.94. The molecular weight excluding hydrogens is 252 g/mol. The van der Waals surface area contributed by atoms with Crippen LogP contribution < -0.4 is 10.6 Å². The summed E-state index contributed by atoms with van der Waals surface area (Å²) in [6, 6.07) is 8.00. The van der Waals surface area contributed by atoms with Crippen LogP contribution in [0.15, 0.2) is 24.3 Å². The number of carbonyl (C=O) groups excluding carboxylic acids is 1. The Morgan fingerprint density at radius 2 is 2.15 bits per heavy atom. The molecule has 1 amide bonds. The van der Waals surface area contributed by atoms with Gasteiger partial charge in [-0.1, -0.05) is 18.9 Å². The molecule has 0 saturated heterocycles. The van der Waals surface area contributed by atoms with E-state index in [2.05, 4.69) is 10.6 Å². The van der Waals surface area contributed by atoms with Crippen molar-refractivity contribution in [3.8, 4) is 0 Å². The first-order chi connectivity index (χ1) is 9.74. The lowest BCUT2D eigenvalue weighted by Gasteiger charge is -2.31. The van der Waals surface area contributed by atoms with Gasteiger partial charge in [0.2, 0.25) is 0 Å². The summed E-state index contributed by atoms with van der Waals surface area (Å²) in [7, 11) is 1.77. The topological polar surface area (TPSA) is 50.4 Å². The van der Waals surface area contributed by atoms with E-state index in [1.807, 2.05) is 31.2 Å². The molecule has 110 valence electrons. The van der Waals surface area contributed by atoms with E-state index < -0.39 is 0 Å². The Hall–Kier alpha value is -1.55. The molecule has 0 heterocycles. The highest BCUT2D eigenvalue weighted by molar-refractivity contribution is 5.95. The molecule has 1 aliphatic rings. The number of rotatable bonds is 5. The molecule has 20 heavy (non-hydrogen) atoms. The second-order valence-corrected chi connectivity index (χ2v) is 5.25. The molecule has 2 N–H and O–H groups in total. The van der Waals surface area contributed by atoms with Crippen LogP contribution in [0.4, 0.5) is 5.69 Å². The second kappa shape index (κ2) is 7.29. The number of carbonyl (C=O) groups is 1. The zero-order chi connectivity index (χ0) is 14.4. The number of benzene rings is 1. The number of ether oxygens (including phenoxy) is 1. The van der Waals surface area contributed by atoms with Crippen LogP contribution in [-0.2, 0) is 4.74 Å². The van der Waals surface area contributed by atoms with Gasteiger partial charge in [0.05, 0.1) is 12.1 Å². The molecule has 0 aliphatic heterocycles. The van der Waals surface area contributed by atoms with Crippen molar-refractivity contribution in [1.82, 2.24) is 5.32 Å². The maximum absolute atomic E-state index is 11.8. The van der Waals surface area contributed by atoms with E-state index in [4.69, 9.17) is 4.74 Å². The zero-order valence-corrected chi connectivity index (χ0v) is 12.3. The molecule has 1 aromatic carbocycles. The van der Waals surface area contributed by atoms with E-state index in [1.54, 1.807) is 7.11 Å². The Morgan fingerprint density at radius 3 is 2.90 bits per heavy atom. The summed E-state index contributed by atoms with van der Waals surface area (Å²) < 4.78 is 5.55. The molecule has 2 rings (SSSR count). The number of nitrogens with one attached hydrogen (secondary N) is 2. The largest absolute Gasteiger partial charge is 0.380 e. The quantitative estimate of drug-likeness (QED) is 0.869. The predicted molar refractivity (Wildman–Crippen MR) is 81.1 cm³/mol. The fraction of sp³-hybridized carbons (Fsp3) is 0.562. The summed E-state index contributed by atoms with van der Waals surface area (Å²) in [6.45, 7) is 2.57. The molecule has 0 aromatic heterocycles. The van der Waals surface area contributed by atoms with E-state index >= 15 is 0 Å². The van der Waals surface area contributed by atoms with Gasteiger partial charge < -0.3 is 15.4 Å². The average Bonchev–Trinajstić information content (AvgIpc) is 2.48. The molecule has 1 saturated carbocycles. The first-order valence-corrected chi connectivity index (χ1v) is 7.42. The third kappa shape index (κ3) is 3.73. The Bertz CT molecular complexity index is 448. The highest BCUT2D eigenvalue weighted by Crippen LogP contribution is 2.24. The Morgan fingerprint density at radius 1 is 1.35 bits per heavy atom. The lowest BCUT2D eigenvalue weighted by Crippen LogP contribution is -2.37. The summed E-state index contributed by atoms with van der Waals surface area (Å²) in [5.74, 6) is -0.0249.